The van der Waals surface area contributed by atoms with Crippen molar-refractivity contribution in [1.29, 1.82) is 0 Å². The summed E-state index contributed by atoms with van der Waals surface area (Å²) in [6.07, 6.45) is 3.70. The van der Waals surface area contributed by atoms with E-state index in [1.54, 1.807) is 12.6 Å². The number of thiocarbonyl (C=S) groups is 1. The molecule has 106 valence electrons. The molecule has 0 aliphatic heterocycles. The van der Waals surface area contributed by atoms with Crippen molar-refractivity contribution in [3.63, 3.8) is 0 Å². The lowest BCUT2D eigenvalue weighted by molar-refractivity contribution is 0.139. The monoisotopic (exact) mass is 292 g/mol. The number of rotatable bonds is 9. The molecule has 3 unspecified atom stereocenters. The molecule has 3 nitrogen and oxygen atoms in total. The summed E-state index contributed by atoms with van der Waals surface area (Å²) in [6, 6.07) is 0.479. The number of alkyl halides is 1. The van der Waals surface area contributed by atoms with E-state index in [1.807, 2.05) is 0 Å². The summed E-state index contributed by atoms with van der Waals surface area (Å²) in [5.74, 6) is 1.99. The Morgan fingerprint density at radius 3 is 2.72 bits per heavy atom. The largest absolute Gasteiger partial charge is 0.384 e. The number of hydrogen-bond donors (Lipinski definition) is 1. The number of nitrogens with zero attached hydrogens (tertiary/aromatic N) is 1. The van der Waals surface area contributed by atoms with E-state index in [2.05, 4.69) is 17.3 Å². The third kappa shape index (κ3) is 5.00. The number of ether oxygens (including phenoxy) is 1. The lowest BCUT2D eigenvalue weighted by Crippen LogP contribution is -2.39. The second-order valence-corrected chi connectivity index (χ2v) is 5.76. The van der Waals surface area contributed by atoms with Crippen molar-refractivity contribution in [2.75, 3.05) is 39.7 Å². The average Bonchev–Trinajstić information content (AvgIpc) is 2.71. The van der Waals surface area contributed by atoms with Crippen molar-refractivity contribution in [3.05, 3.63) is 0 Å². The highest BCUT2D eigenvalue weighted by Crippen LogP contribution is 2.33. The van der Waals surface area contributed by atoms with Gasteiger partial charge in [0.25, 0.3) is 0 Å². The Bertz CT molecular complexity index is 243. The van der Waals surface area contributed by atoms with E-state index in [0.29, 0.717) is 23.8 Å². The zero-order valence-corrected chi connectivity index (χ0v) is 13.0. The van der Waals surface area contributed by atoms with E-state index < -0.39 is 0 Å². The van der Waals surface area contributed by atoms with Crippen LogP contribution < -0.4 is 5.32 Å². The molecule has 1 fully saturated rings. The van der Waals surface area contributed by atoms with Crippen molar-refractivity contribution < 1.29 is 4.74 Å². The first-order valence-electron chi connectivity index (χ1n) is 6.66. The molecule has 1 saturated carbocycles. The predicted octanol–water partition coefficient (Wildman–Crippen LogP) is 2.14. The van der Waals surface area contributed by atoms with Gasteiger partial charge in [-0.05, 0) is 38.8 Å². The number of methoxy groups -OCH3 is 1. The van der Waals surface area contributed by atoms with Gasteiger partial charge >= 0.3 is 0 Å². The minimum absolute atomic E-state index is 0.479. The molecule has 0 radical (unpaired) electrons. The molecule has 3 atom stereocenters. The molecule has 0 amide bonds. The smallest absolute Gasteiger partial charge is 0.0617 e. The van der Waals surface area contributed by atoms with Gasteiger partial charge in [-0.25, -0.2) is 0 Å². The van der Waals surface area contributed by atoms with Gasteiger partial charge in [-0.15, -0.1) is 11.6 Å². The Kier molecular flexibility index (Phi) is 8.15. The molecule has 5 heteroatoms. The van der Waals surface area contributed by atoms with Gasteiger partial charge in [-0.3, -0.25) is 0 Å². The summed E-state index contributed by atoms with van der Waals surface area (Å²) in [5.41, 5.74) is 1.66. The van der Waals surface area contributed by atoms with Gasteiger partial charge in [-0.2, -0.15) is 0 Å². The van der Waals surface area contributed by atoms with Crippen LogP contribution in [0.5, 0.6) is 0 Å². The number of nitrogens with one attached hydrogen (secondary N) is 1. The van der Waals surface area contributed by atoms with Crippen LogP contribution in [0.3, 0.4) is 0 Å². The van der Waals surface area contributed by atoms with Crippen LogP contribution in [0.25, 0.3) is 0 Å². The Labute approximate surface area is 121 Å². The van der Waals surface area contributed by atoms with Crippen LogP contribution >= 0.6 is 23.8 Å². The summed E-state index contributed by atoms with van der Waals surface area (Å²) in [5, 5.41) is 3.35. The Morgan fingerprint density at radius 1 is 1.39 bits per heavy atom. The molecule has 1 aliphatic rings. The van der Waals surface area contributed by atoms with Crippen LogP contribution in [0.4, 0.5) is 0 Å². The molecule has 0 saturated heterocycles. The number of hydrogen-bond acceptors (Lipinski definition) is 3. The third-order valence-electron chi connectivity index (χ3n) is 3.91. The van der Waals surface area contributed by atoms with Gasteiger partial charge in [0.2, 0.25) is 0 Å². The number of halogens is 1. The first-order valence-corrected chi connectivity index (χ1v) is 7.66. The molecule has 0 heterocycles. The second kappa shape index (κ2) is 9.08. The van der Waals surface area contributed by atoms with Crippen molar-refractivity contribution in [1.82, 2.24) is 10.2 Å². The van der Waals surface area contributed by atoms with Crippen molar-refractivity contribution in [2.45, 2.75) is 25.3 Å². The molecule has 0 aromatic heterocycles. The van der Waals surface area contributed by atoms with Crippen molar-refractivity contribution in [2.24, 2.45) is 11.8 Å². The van der Waals surface area contributed by atoms with Crippen LogP contribution in [0.1, 0.15) is 19.3 Å². The average molecular weight is 293 g/mol. The standard InChI is InChI=1S/C13H25ClN2OS/c1-16(8-6-14)7-5-11-3-4-12(9-17-2)13(11)15-10-18/h10-13H,3-9H2,1-2H3,(H,15,18). The lowest BCUT2D eigenvalue weighted by Gasteiger charge is -2.26. The quantitative estimate of drug-likeness (QED) is 0.520. The van der Waals surface area contributed by atoms with E-state index in [4.69, 9.17) is 28.6 Å². The van der Waals surface area contributed by atoms with Crippen molar-refractivity contribution in [3.8, 4) is 0 Å². The lowest BCUT2D eigenvalue weighted by atomic mass is 9.95. The third-order valence-corrected chi connectivity index (χ3v) is 4.22. The Hall–Kier alpha value is 0.1000. The normalized spacial score (nSPS) is 27.7. The minimum Gasteiger partial charge on any atom is -0.384 e. The molecular formula is C13H25ClN2OS. The molecule has 1 aliphatic carbocycles. The fourth-order valence-corrected chi connectivity index (χ4v) is 3.34. The Morgan fingerprint density at radius 2 is 2.11 bits per heavy atom. The SMILES string of the molecule is COCC1CCC(CCN(C)CCCl)C1NC=S. The van der Waals surface area contributed by atoms with E-state index in [1.165, 1.54) is 19.3 Å². The maximum Gasteiger partial charge on any atom is 0.0617 e. The molecule has 0 bridgehead atoms. The van der Waals surface area contributed by atoms with Crippen LogP contribution in [0.15, 0.2) is 0 Å². The van der Waals surface area contributed by atoms with Gasteiger partial charge in [0, 0.05) is 31.5 Å². The molecule has 18 heavy (non-hydrogen) atoms. The highest BCUT2D eigenvalue weighted by atomic mass is 35.5. The van der Waals surface area contributed by atoms with Crippen LogP contribution in [-0.4, -0.2) is 56.2 Å². The topological polar surface area (TPSA) is 24.5 Å². The molecule has 0 spiro atoms. The van der Waals surface area contributed by atoms with Gasteiger partial charge in [0.15, 0.2) is 0 Å². The van der Waals surface area contributed by atoms with E-state index >= 15 is 0 Å². The second-order valence-electron chi connectivity index (χ2n) is 5.14. The van der Waals surface area contributed by atoms with Gasteiger partial charge in [0.1, 0.15) is 0 Å². The van der Waals surface area contributed by atoms with Gasteiger partial charge in [0.05, 0.1) is 12.1 Å². The summed E-state index contributed by atoms with van der Waals surface area (Å²) in [6.45, 7) is 2.89. The molecule has 0 aromatic carbocycles. The zero-order valence-electron chi connectivity index (χ0n) is 11.4. The molecule has 1 N–H and O–H groups in total. The summed E-state index contributed by atoms with van der Waals surface area (Å²) in [7, 11) is 3.90. The fourth-order valence-electron chi connectivity index (χ4n) is 2.89. The molecular weight excluding hydrogens is 268 g/mol. The molecule has 0 aromatic rings. The maximum atomic E-state index is 5.75. The summed E-state index contributed by atoms with van der Waals surface area (Å²) in [4.78, 5) is 2.30. The zero-order chi connectivity index (χ0) is 13.4. The highest BCUT2D eigenvalue weighted by Gasteiger charge is 2.35. The molecule has 1 rings (SSSR count). The summed E-state index contributed by atoms with van der Waals surface area (Å²) < 4.78 is 5.30. The van der Waals surface area contributed by atoms with E-state index in [-0.39, 0.29) is 0 Å². The Balaban J connectivity index is 2.41. The highest BCUT2D eigenvalue weighted by molar-refractivity contribution is 7.78. The van der Waals surface area contributed by atoms with Gasteiger partial charge < -0.3 is 15.0 Å². The van der Waals surface area contributed by atoms with Crippen molar-refractivity contribution >= 4 is 29.3 Å². The fraction of sp³-hybridized carbons (Fsp3) is 0.923. The van der Waals surface area contributed by atoms with Crippen LogP contribution in [0.2, 0.25) is 0 Å². The van der Waals surface area contributed by atoms with Crippen LogP contribution in [-0.2, 0) is 4.74 Å². The van der Waals surface area contributed by atoms with Crippen LogP contribution in [0, 0.1) is 11.8 Å². The van der Waals surface area contributed by atoms with E-state index in [0.717, 1.165) is 19.7 Å². The van der Waals surface area contributed by atoms with E-state index in [9.17, 15) is 0 Å². The van der Waals surface area contributed by atoms with Gasteiger partial charge in [-0.1, -0.05) is 12.2 Å². The predicted molar refractivity (Wildman–Crippen MR) is 81.5 cm³/mol. The maximum absolute atomic E-state index is 5.75. The first-order chi connectivity index (χ1) is 8.72. The summed E-state index contributed by atoms with van der Waals surface area (Å²) >= 11 is 10.7. The minimum atomic E-state index is 0.479. The first kappa shape index (κ1) is 16.2.